The first kappa shape index (κ1) is 15.9. The zero-order valence-corrected chi connectivity index (χ0v) is 15.3. The fourth-order valence-electron chi connectivity index (χ4n) is 3.71. The highest BCUT2D eigenvalue weighted by atomic mass is 32.1. The van der Waals surface area contributed by atoms with Gasteiger partial charge < -0.3 is 9.97 Å². The van der Waals surface area contributed by atoms with Gasteiger partial charge in [0, 0.05) is 41.3 Å². The SMILES string of the molecule is CC(=O)c1c(C)[nH]c(C(c2ccc[nH]2)c2cc3ccccc3s2)c1C.[HH].[HH]. The molecule has 4 rings (SSSR count). The van der Waals surface area contributed by atoms with E-state index in [4.69, 9.17) is 0 Å². The fraction of sp³-hybridized carbons (Fsp3) is 0.190. The zero-order valence-electron chi connectivity index (χ0n) is 14.5. The molecule has 0 aliphatic heterocycles. The van der Waals surface area contributed by atoms with Crippen LogP contribution in [0.4, 0.5) is 0 Å². The summed E-state index contributed by atoms with van der Waals surface area (Å²) in [4.78, 5) is 20.2. The standard InChI is InChI=1S/C21H20N2OS.2H2/c1-12-19(14(3)24)13(2)23-21(12)20(16-8-6-10-22-16)18-11-15-7-4-5-9-17(15)25-18;;/h4-11,20,22-23H,1-3H3;2*1H. The second kappa shape index (κ2) is 6.05. The maximum atomic E-state index is 12.1. The minimum Gasteiger partial charge on any atom is -0.364 e. The first-order valence-electron chi connectivity index (χ1n) is 8.38. The van der Waals surface area contributed by atoms with Crippen LogP contribution in [0.3, 0.4) is 0 Å². The summed E-state index contributed by atoms with van der Waals surface area (Å²) in [7, 11) is 0. The first-order valence-corrected chi connectivity index (χ1v) is 9.19. The van der Waals surface area contributed by atoms with Gasteiger partial charge in [-0.1, -0.05) is 18.2 Å². The highest BCUT2D eigenvalue weighted by Gasteiger charge is 2.26. The van der Waals surface area contributed by atoms with E-state index in [9.17, 15) is 4.79 Å². The van der Waals surface area contributed by atoms with Crippen molar-refractivity contribution in [1.82, 2.24) is 9.97 Å². The molecule has 0 aliphatic carbocycles. The molecule has 0 amide bonds. The van der Waals surface area contributed by atoms with Gasteiger partial charge in [-0.3, -0.25) is 4.79 Å². The number of fused-ring (bicyclic) bond motifs is 1. The summed E-state index contributed by atoms with van der Waals surface area (Å²) in [5.41, 5.74) is 5.02. The van der Waals surface area contributed by atoms with E-state index >= 15 is 0 Å². The fourth-order valence-corrected chi connectivity index (χ4v) is 4.90. The van der Waals surface area contributed by atoms with Gasteiger partial charge in [-0.25, -0.2) is 0 Å². The van der Waals surface area contributed by atoms with Crippen molar-refractivity contribution >= 4 is 27.2 Å². The van der Waals surface area contributed by atoms with Gasteiger partial charge in [-0.2, -0.15) is 0 Å². The summed E-state index contributed by atoms with van der Waals surface area (Å²) in [6.45, 7) is 5.65. The lowest BCUT2D eigenvalue weighted by molar-refractivity contribution is 0.101. The quantitative estimate of drug-likeness (QED) is 0.432. The molecule has 4 aromatic rings. The second-order valence-corrected chi connectivity index (χ2v) is 7.58. The van der Waals surface area contributed by atoms with Crippen LogP contribution in [0, 0.1) is 13.8 Å². The average molecular weight is 353 g/mol. The summed E-state index contributed by atoms with van der Waals surface area (Å²) in [6.07, 6.45) is 1.95. The van der Waals surface area contributed by atoms with E-state index < -0.39 is 0 Å². The van der Waals surface area contributed by atoms with Gasteiger partial charge >= 0.3 is 0 Å². The molecule has 0 saturated heterocycles. The largest absolute Gasteiger partial charge is 0.364 e. The molecule has 0 fully saturated rings. The number of thiophene rings is 1. The lowest BCUT2D eigenvalue weighted by Gasteiger charge is -2.14. The van der Waals surface area contributed by atoms with Crippen LogP contribution in [0.2, 0.25) is 0 Å². The lowest BCUT2D eigenvalue weighted by atomic mass is 9.94. The van der Waals surface area contributed by atoms with E-state index in [2.05, 4.69) is 46.4 Å². The number of nitrogens with one attached hydrogen (secondary N) is 2. The summed E-state index contributed by atoms with van der Waals surface area (Å²) >= 11 is 1.81. The molecule has 0 bridgehead atoms. The van der Waals surface area contributed by atoms with E-state index in [-0.39, 0.29) is 14.6 Å². The molecule has 3 nitrogen and oxygen atoms in total. The number of aromatic amines is 2. The molecule has 2 N–H and O–H groups in total. The Bertz CT molecular complexity index is 1030. The van der Waals surface area contributed by atoms with E-state index in [0.29, 0.717) is 0 Å². The molecule has 1 unspecified atom stereocenters. The van der Waals surface area contributed by atoms with Gasteiger partial charge in [0.1, 0.15) is 0 Å². The topological polar surface area (TPSA) is 48.6 Å². The molecule has 0 spiro atoms. The predicted molar refractivity (Wildman–Crippen MR) is 108 cm³/mol. The molecule has 25 heavy (non-hydrogen) atoms. The first-order chi connectivity index (χ1) is 12.1. The Morgan fingerprint density at radius 2 is 1.96 bits per heavy atom. The Hall–Kier alpha value is -2.59. The number of ketones is 1. The van der Waals surface area contributed by atoms with Gasteiger partial charge in [0.25, 0.3) is 0 Å². The maximum Gasteiger partial charge on any atom is 0.161 e. The Balaban J connectivity index is 0.00000131. The molecule has 1 aromatic carbocycles. The smallest absolute Gasteiger partial charge is 0.161 e. The summed E-state index contributed by atoms with van der Waals surface area (Å²) in [5.74, 6) is 0.179. The number of carbonyl (C=O) groups excluding carboxylic acids is 1. The maximum absolute atomic E-state index is 12.1. The van der Waals surface area contributed by atoms with Crippen molar-refractivity contribution in [3.8, 4) is 0 Å². The molecule has 3 aromatic heterocycles. The Labute approximate surface area is 153 Å². The number of hydrogen-bond donors (Lipinski definition) is 2. The van der Waals surface area contributed by atoms with Crippen LogP contribution in [-0.4, -0.2) is 15.8 Å². The van der Waals surface area contributed by atoms with Crippen molar-refractivity contribution in [2.45, 2.75) is 26.7 Å². The molecule has 0 aliphatic rings. The van der Waals surface area contributed by atoms with E-state index in [1.807, 2.05) is 26.1 Å². The number of aryl methyl sites for hydroxylation is 1. The van der Waals surface area contributed by atoms with E-state index in [1.54, 1.807) is 18.3 Å². The molecule has 3 heterocycles. The summed E-state index contributed by atoms with van der Waals surface area (Å²) in [5, 5.41) is 1.26. The number of Topliss-reactive ketones (excluding diaryl/α,β-unsaturated/α-hetero) is 1. The van der Waals surface area contributed by atoms with Crippen molar-refractivity contribution in [2.75, 3.05) is 0 Å². The number of aromatic nitrogens is 2. The van der Waals surface area contributed by atoms with Crippen LogP contribution < -0.4 is 0 Å². The van der Waals surface area contributed by atoms with Crippen molar-refractivity contribution < 1.29 is 7.65 Å². The number of hydrogen-bond acceptors (Lipinski definition) is 2. The number of carbonyl (C=O) groups is 1. The third-order valence-electron chi connectivity index (χ3n) is 4.78. The van der Waals surface area contributed by atoms with Crippen LogP contribution in [0.25, 0.3) is 10.1 Å². The molecular weight excluding hydrogens is 328 g/mol. The Morgan fingerprint density at radius 3 is 2.60 bits per heavy atom. The highest BCUT2D eigenvalue weighted by molar-refractivity contribution is 7.19. The minimum atomic E-state index is 0. The van der Waals surface area contributed by atoms with Gasteiger partial charge in [-0.15, -0.1) is 11.3 Å². The predicted octanol–water partition coefficient (Wildman–Crippen LogP) is 6.05. The third kappa shape index (κ3) is 2.63. The van der Waals surface area contributed by atoms with E-state index in [1.165, 1.54) is 15.0 Å². The summed E-state index contributed by atoms with van der Waals surface area (Å²) in [6, 6.07) is 14.8. The molecular formula is C21H24N2OS. The second-order valence-electron chi connectivity index (χ2n) is 6.46. The van der Waals surface area contributed by atoms with Crippen molar-refractivity contribution in [2.24, 2.45) is 0 Å². The summed E-state index contributed by atoms with van der Waals surface area (Å²) < 4.78 is 1.28. The molecule has 130 valence electrons. The highest BCUT2D eigenvalue weighted by Crippen LogP contribution is 2.40. The van der Waals surface area contributed by atoms with Crippen LogP contribution in [-0.2, 0) is 0 Å². The lowest BCUT2D eigenvalue weighted by Crippen LogP contribution is -2.04. The van der Waals surface area contributed by atoms with Crippen LogP contribution >= 0.6 is 11.3 Å². The third-order valence-corrected chi connectivity index (χ3v) is 5.96. The van der Waals surface area contributed by atoms with Gasteiger partial charge in [0.15, 0.2) is 5.78 Å². The van der Waals surface area contributed by atoms with E-state index in [0.717, 1.165) is 28.2 Å². The van der Waals surface area contributed by atoms with Crippen LogP contribution in [0.15, 0.2) is 48.7 Å². The van der Waals surface area contributed by atoms with Crippen LogP contribution in [0.1, 0.15) is 53.6 Å². The monoisotopic (exact) mass is 352 g/mol. The molecule has 4 heteroatoms. The molecule has 0 saturated carbocycles. The number of rotatable bonds is 4. The Morgan fingerprint density at radius 1 is 1.16 bits per heavy atom. The zero-order chi connectivity index (χ0) is 17.6. The van der Waals surface area contributed by atoms with Gasteiger partial charge in [0.2, 0.25) is 0 Å². The number of benzene rings is 1. The van der Waals surface area contributed by atoms with Gasteiger partial charge in [0.05, 0.1) is 5.92 Å². The Kier molecular flexibility index (Phi) is 3.85. The van der Waals surface area contributed by atoms with Crippen LogP contribution in [0.5, 0.6) is 0 Å². The van der Waals surface area contributed by atoms with Crippen molar-refractivity contribution in [3.05, 3.63) is 81.7 Å². The van der Waals surface area contributed by atoms with Gasteiger partial charge in [-0.05, 0) is 56.0 Å². The van der Waals surface area contributed by atoms with Crippen molar-refractivity contribution in [3.63, 3.8) is 0 Å². The minimum absolute atomic E-state index is 0. The molecule has 0 radical (unpaired) electrons. The number of H-pyrrole nitrogens is 2. The average Bonchev–Trinajstić information content (AvgIpc) is 3.28. The normalized spacial score (nSPS) is 12.6. The van der Waals surface area contributed by atoms with Crippen molar-refractivity contribution in [1.29, 1.82) is 0 Å². The molecule has 1 atom stereocenters.